The first-order chi connectivity index (χ1) is 13.8. The molecule has 1 aliphatic heterocycles. The first kappa shape index (κ1) is 20.6. The van der Waals surface area contributed by atoms with Gasteiger partial charge in [-0.05, 0) is 51.5 Å². The van der Waals surface area contributed by atoms with Gasteiger partial charge in [-0.15, -0.1) is 0 Å². The van der Waals surface area contributed by atoms with Crippen molar-refractivity contribution in [3.05, 3.63) is 48.3 Å². The monoisotopic (exact) mass is 397 g/mol. The maximum atomic E-state index is 11.7. The van der Waals surface area contributed by atoms with Crippen LogP contribution in [0.3, 0.4) is 0 Å². The van der Waals surface area contributed by atoms with E-state index >= 15 is 0 Å². The minimum absolute atomic E-state index is 0.197. The van der Waals surface area contributed by atoms with Crippen LogP contribution in [0.2, 0.25) is 0 Å². The molecule has 0 saturated heterocycles. The molecule has 0 radical (unpaired) electrons. The molecule has 1 aliphatic rings. The number of aryl methyl sites for hydroxylation is 1. The Bertz CT molecular complexity index is 890. The third-order valence-electron chi connectivity index (χ3n) is 4.15. The van der Waals surface area contributed by atoms with Gasteiger partial charge in [0.25, 0.3) is 0 Å². The number of nitrogens with one attached hydrogen (secondary N) is 1. The van der Waals surface area contributed by atoms with Crippen molar-refractivity contribution in [3.63, 3.8) is 0 Å². The van der Waals surface area contributed by atoms with Crippen LogP contribution in [0.1, 0.15) is 32.9 Å². The quantitative estimate of drug-likeness (QED) is 0.793. The zero-order chi connectivity index (χ0) is 20.9. The number of para-hydroxylation sites is 1. The van der Waals surface area contributed by atoms with Gasteiger partial charge in [0, 0.05) is 23.9 Å². The van der Waals surface area contributed by atoms with Gasteiger partial charge in [0.1, 0.15) is 18.0 Å². The van der Waals surface area contributed by atoms with Gasteiger partial charge in [0.05, 0.1) is 12.3 Å². The number of amides is 1. The molecule has 0 aliphatic carbocycles. The summed E-state index contributed by atoms with van der Waals surface area (Å²) in [6.07, 6.45) is 1.71. The topological polar surface area (TPSA) is 82.0 Å². The van der Waals surface area contributed by atoms with Crippen LogP contribution in [0, 0.1) is 6.92 Å². The second-order valence-corrected chi connectivity index (χ2v) is 7.94. The van der Waals surface area contributed by atoms with E-state index in [-0.39, 0.29) is 12.6 Å². The van der Waals surface area contributed by atoms with Gasteiger partial charge in [0.15, 0.2) is 6.10 Å². The lowest BCUT2D eigenvalue weighted by molar-refractivity contribution is 0.0472. The van der Waals surface area contributed by atoms with Crippen LogP contribution in [0.4, 0.5) is 4.79 Å². The maximum absolute atomic E-state index is 11.7. The van der Waals surface area contributed by atoms with E-state index in [4.69, 9.17) is 14.3 Å². The van der Waals surface area contributed by atoms with Crippen LogP contribution in [-0.4, -0.2) is 41.6 Å². The van der Waals surface area contributed by atoms with Crippen LogP contribution >= 0.6 is 0 Å². The van der Waals surface area contributed by atoms with E-state index in [1.165, 1.54) is 0 Å². The summed E-state index contributed by atoms with van der Waals surface area (Å²) in [7, 11) is 0. The molecule has 2 aromatic rings. The Morgan fingerprint density at radius 2 is 2.07 bits per heavy atom. The molecule has 2 heterocycles. The molecule has 29 heavy (non-hydrogen) atoms. The lowest BCUT2D eigenvalue weighted by atomic mass is 10.1. The average Bonchev–Trinajstić information content (AvgIpc) is 3.12. The summed E-state index contributed by atoms with van der Waals surface area (Å²) in [4.78, 5) is 21.4. The van der Waals surface area contributed by atoms with Crippen molar-refractivity contribution in [2.45, 2.75) is 45.8 Å². The number of pyridine rings is 1. The Morgan fingerprint density at radius 1 is 1.28 bits per heavy atom. The van der Waals surface area contributed by atoms with E-state index in [1.807, 2.05) is 64.1 Å². The lowest BCUT2D eigenvalue weighted by Gasteiger charge is -2.19. The van der Waals surface area contributed by atoms with Crippen LogP contribution in [0.5, 0.6) is 5.75 Å². The number of carbonyl (C=O) groups is 1. The molecule has 1 aromatic heterocycles. The number of alkyl carbamates (subject to hydrolysis) is 1. The summed E-state index contributed by atoms with van der Waals surface area (Å²) in [5.41, 5.74) is 3.23. The molecule has 0 spiro atoms. The van der Waals surface area contributed by atoms with Crippen LogP contribution in [0.25, 0.3) is 11.1 Å². The minimum atomic E-state index is -0.533. The predicted octanol–water partition coefficient (Wildman–Crippen LogP) is 4.11. The fourth-order valence-electron chi connectivity index (χ4n) is 2.90. The van der Waals surface area contributed by atoms with Gasteiger partial charge in [-0.2, -0.15) is 0 Å². The van der Waals surface area contributed by atoms with Gasteiger partial charge in [-0.25, -0.2) is 4.79 Å². The largest absolute Gasteiger partial charge is 0.489 e. The van der Waals surface area contributed by atoms with E-state index in [0.717, 1.165) is 28.3 Å². The molecule has 7 heteroatoms. The van der Waals surface area contributed by atoms with Gasteiger partial charge >= 0.3 is 6.09 Å². The molecule has 3 rings (SSSR count). The lowest BCUT2D eigenvalue weighted by Crippen LogP contribution is -2.35. The van der Waals surface area contributed by atoms with Crippen LogP contribution < -0.4 is 10.1 Å². The second kappa shape index (κ2) is 8.94. The average molecular weight is 397 g/mol. The first-order valence-corrected chi connectivity index (χ1v) is 9.63. The second-order valence-electron chi connectivity index (χ2n) is 7.94. The number of aromatic nitrogens is 1. The van der Waals surface area contributed by atoms with Crippen molar-refractivity contribution in [2.75, 3.05) is 13.2 Å². The molecular formula is C22H27N3O4. The highest BCUT2D eigenvalue weighted by atomic mass is 16.7. The molecule has 7 nitrogen and oxygen atoms in total. The highest BCUT2D eigenvalue weighted by molar-refractivity contribution is 5.89. The molecule has 1 atom stereocenters. The van der Waals surface area contributed by atoms with E-state index in [1.54, 1.807) is 6.20 Å². The fraction of sp³-hybridized carbons (Fsp3) is 0.409. The molecule has 1 unspecified atom stereocenters. The van der Waals surface area contributed by atoms with Crippen molar-refractivity contribution in [1.29, 1.82) is 0 Å². The number of carbonyl (C=O) groups excluding carboxylic acids is 1. The van der Waals surface area contributed by atoms with Gasteiger partial charge in [-0.1, -0.05) is 23.4 Å². The summed E-state index contributed by atoms with van der Waals surface area (Å²) in [6.45, 7) is 8.08. The third-order valence-corrected chi connectivity index (χ3v) is 4.15. The molecule has 0 saturated carbocycles. The van der Waals surface area contributed by atoms with Crippen molar-refractivity contribution >= 4 is 11.8 Å². The smallest absolute Gasteiger partial charge is 0.407 e. The number of ether oxygens (including phenoxy) is 2. The molecule has 0 fully saturated rings. The molecule has 1 amide bonds. The zero-order valence-electron chi connectivity index (χ0n) is 17.3. The Balaban J connectivity index is 1.51. The van der Waals surface area contributed by atoms with Crippen molar-refractivity contribution in [3.8, 4) is 16.9 Å². The van der Waals surface area contributed by atoms with Crippen molar-refractivity contribution in [1.82, 2.24) is 10.3 Å². The molecule has 0 bridgehead atoms. The standard InChI is InChI=1S/C22H27N3O4/c1-15-11-16(9-10-23-15)19-7-5-6-8-20(19)27-14-18-12-17(25-29-18)13-24-21(26)28-22(2,3)4/h5-11,18H,12-14H2,1-4H3,(H,24,26). The number of rotatable bonds is 6. The molecule has 154 valence electrons. The van der Waals surface area contributed by atoms with Crippen LogP contribution in [0.15, 0.2) is 47.8 Å². The SMILES string of the molecule is Cc1cc(-c2ccccc2OCC2CC(CNC(=O)OC(C)(C)C)=NO2)ccn1. The summed E-state index contributed by atoms with van der Waals surface area (Å²) in [5.74, 6) is 0.780. The number of benzene rings is 1. The van der Waals surface area contributed by atoms with Gasteiger partial charge in [-0.3, -0.25) is 4.98 Å². The highest BCUT2D eigenvalue weighted by Gasteiger charge is 2.23. The number of hydrogen-bond acceptors (Lipinski definition) is 6. The predicted molar refractivity (Wildman–Crippen MR) is 111 cm³/mol. The zero-order valence-corrected chi connectivity index (χ0v) is 17.3. The number of oxime groups is 1. The Kier molecular flexibility index (Phi) is 6.36. The highest BCUT2D eigenvalue weighted by Crippen LogP contribution is 2.30. The van der Waals surface area contributed by atoms with Crippen molar-refractivity contribution in [2.24, 2.45) is 5.16 Å². The fourth-order valence-corrected chi connectivity index (χ4v) is 2.90. The first-order valence-electron chi connectivity index (χ1n) is 9.63. The minimum Gasteiger partial charge on any atom is -0.489 e. The van der Waals surface area contributed by atoms with E-state index < -0.39 is 11.7 Å². The van der Waals surface area contributed by atoms with E-state index in [9.17, 15) is 4.79 Å². The van der Waals surface area contributed by atoms with E-state index in [2.05, 4.69) is 15.5 Å². The van der Waals surface area contributed by atoms with Crippen molar-refractivity contribution < 1.29 is 19.1 Å². The Labute approximate surface area is 171 Å². The van der Waals surface area contributed by atoms with Gasteiger partial charge < -0.3 is 19.6 Å². The Morgan fingerprint density at radius 3 is 2.83 bits per heavy atom. The number of hydrogen-bond donors (Lipinski definition) is 1. The van der Waals surface area contributed by atoms with Crippen LogP contribution in [-0.2, 0) is 9.57 Å². The van der Waals surface area contributed by atoms with Gasteiger partial charge in [0.2, 0.25) is 0 Å². The summed E-state index contributed by atoms with van der Waals surface area (Å²) in [6, 6.07) is 11.9. The number of nitrogens with zero attached hydrogens (tertiary/aromatic N) is 2. The molecule has 1 aromatic carbocycles. The molecule has 1 N–H and O–H groups in total. The third kappa shape index (κ3) is 6.20. The summed E-state index contributed by atoms with van der Waals surface area (Å²) in [5, 5.41) is 6.74. The maximum Gasteiger partial charge on any atom is 0.407 e. The van der Waals surface area contributed by atoms with E-state index in [0.29, 0.717) is 13.0 Å². The Hall–Kier alpha value is -3.09. The summed E-state index contributed by atoms with van der Waals surface area (Å²) < 4.78 is 11.2. The normalized spacial score (nSPS) is 16.0. The summed E-state index contributed by atoms with van der Waals surface area (Å²) >= 11 is 0. The molecular weight excluding hydrogens is 370 g/mol.